The van der Waals surface area contributed by atoms with Crippen LogP contribution in [0, 0.1) is 13.8 Å². The highest BCUT2D eigenvalue weighted by Gasteiger charge is 2.09. The molecular weight excluding hydrogens is 398 g/mol. The topological polar surface area (TPSA) is 77.5 Å². The van der Waals surface area contributed by atoms with Crippen molar-refractivity contribution in [3.05, 3.63) is 95.4 Å². The smallest absolute Gasteiger partial charge is 0.144 e. The van der Waals surface area contributed by atoms with E-state index in [0.717, 1.165) is 28.2 Å². The first-order valence-corrected chi connectivity index (χ1v) is 9.67. The number of rotatable bonds is 7. The second kappa shape index (κ2) is 9.33. The lowest BCUT2D eigenvalue weighted by Gasteiger charge is -2.13. The lowest BCUT2D eigenvalue weighted by Crippen LogP contribution is -2.04. The third kappa shape index (κ3) is 4.90. The molecule has 30 heavy (non-hydrogen) atoms. The lowest BCUT2D eigenvalue weighted by atomic mass is 10.1. The largest absolute Gasteiger partial charge is 0.494 e. The van der Waals surface area contributed by atoms with Gasteiger partial charge in [0.25, 0.3) is 0 Å². The molecule has 0 saturated carbocycles. The maximum absolute atomic E-state index is 6.13. The molecule has 154 valence electrons. The molecule has 0 aliphatic rings. The number of nitrogens with two attached hydrogens (primary N) is 1. The quantitative estimate of drug-likeness (QED) is 0.526. The van der Waals surface area contributed by atoms with Gasteiger partial charge in [-0.2, -0.15) is 0 Å². The molecule has 3 N–H and O–H groups in total. The predicted octanol–water partition coefficient (Wildman–Crippen LogP) is 5.00. The van der Waals surface area contributed by atoms with Crippen LogP contribution in [0.5, 0.6) is 5.75 Å². The van der Waals surface area contributed by atoms with Crippen molar-refractivity contribution >= 4 is 23.0 Å². The van der Waals surface area contributed by atoms with Crippen LogP contribution < -0.4 is 15.8 Å². The van der Waals surface area contributed by atoms with E-state index in [1.807, 2.05) is 61.0 Å². The fraction of sp³-hybridized carbons (Fsp3) is 0.130. The number of benzene rings is 2. The monoisotopic (exact) mass is 421 g/mol. The summed E-state index contributed by atoms with van der Waals surface area (Å²) >= 11 is 6.13. The number of hydrogen-bond donors (Lipinski definition) is 2. The van der Waals surface area contributed by atoms with E-state index in [1.54, 1.807) is 19.5 Å². The molecule has 0 radical (unpaired) electrons. The Balaban J connectivity index is 1.85. The number of ether oxygens (including phenoxy) is 1. The summed E-state index contributed by atoms with van der Waals surface area (Å²) in [5, 5.41) is 3.90. The van der Waals surface area contributed by atoms with Gasteiger partial charge in [0, 0.05) is 28.5 Å². The number of methoxy groups -OCH3 is 1. The molecule has 0 bridgehead atoms. The molecule has 0 saturated heterocycles. The standard InChI is InChI=1S/C23H24ClN5O/c1-15-11-18(5-7-20(15)24)21(9-10-25)28-17(3)27-19-6-8-22(23(12-19)30-4)29-13-16(2)26-14-29/h5-14,27H,3,25H2,1-2,4H3/b10-9-,28-21+. The van der Waals surface area contributed by atoms with Crippen molar-refractivity contribution in [1.82, 2.24) is 9.55 Å². The summed E-state index contributed by atoms with van der Waals surface area (Å²) in [4.78, 5) is 8.85. The normalized spacial score (nSPS) is 11.7. The predicted molar refractivity (Wildman–Crippen MR) is 124 cm³/mol. The van der Waals surface area contributed by atoms with Gasteiger partial charge in [-0.1, -0.05) is 24.2 Å². The van der Waals surface area contributed by atoms with E-state index in [2.05, 4.69) is 21.9 Å². The van der Waals surface area contributed by atoms with Crippen LogP contribution in [0.4, 0.5) is 5.69 Å². The summed E-state index contributed by atoms with van der Waals surface area (Å²) in [6.07, 6.45) is 6.86. The number of nitrogens with zero attached hydrogens (tertiary/aromatic N) is 3. The second-order valence-corrected chi connectivity index (χ2v) is 7.11. The first-order valence-electron chi connectivity index (χ1n) is 9.29. The summed E-state index contributed by atoms with van der Waals surface area (Å²) in [7, 11) is 1.63. The van der Waals surface area contributed by atoms with Gasteiger partial charge in [-0.05, 0) is 56.0 Å². The Hall–Kier alpha value is -3.51. The van der Waals surface area contributed by atoms with Gasteiger partial charge in [0.15, 0.2) is 0 Å². The van der Waals surface area contributed by atoms with Crippen molar-refractivity contribution in [2.75, 3.05) is 12.4 Å². The molecule has 0 spiro atoms. The molecule has 0 atom stereocenters. The molecular formula is C23H24ClN5O. The molecule has 0 aliphatic carbocycles. The van der Waals surface area contributed by atoms with Crippen molar-refractivity contribution in [2.45, 2.75) is 13.8 Å². The first kappa shape index (κ1) is 21.2. The summed E-state index contributed by atoms with van der Waals surface area (Å²) in [5.74, 6) is 1.16. The molecule has 7 heteroatoms. The number of hydrogen-bond acceptors (Lipinski definition) is 5. The highest BCUT2D eigenvalue weighted by molar-refractivity contribution is 6.31. The average Bonchev–Trinajstić information content (AvgIpc) is 3.15. The third-order valence-corrected chi connectivity index (χ3v) is 4.85. The Labute approximate surface area is 181 Å². The van der Waals surface area contributed by atoms with Crippen LogP contribution in [0.3, 0.4) is 0 Å². The summed E-state index contributed by atoms with van der Waals surface area (Å²) in [6.45, 7) is 7.91. The van der Waals surface area contributed by atoms with Gasteiger partial charge in [0.05, 0.1) is 30.5 Å². The Bertz CT molecular complexity index is 1130. The maximum atomic E-state index is 6.13. The fourth-order valence-corrected chi connectivity index (χ4v) is 3.07. The van der Waals surface area contributed by atoms with Crippen LogP contribution in [-0.4, -0.2) is 22.4 Å². The summed E-state index contributed by atoms with van der Waals surface area (Å²) < 4.78 is 7.46. The molecule has 0 fully saturated rings. The minimum atomic E-state index is 0.462. The lowest BCUT2D eigenvalue weighted by molar-refractivity contribution is 0.413. The van der Waals surface area contributed by atoms with Crippen LogP contribution >= 0.6 is 11.6 Å². The highest BCUT2D eigenvalue weighted by atomic mass is 35.5. The molecule has 6 nitrogen and oxygen atoms in total. The molecule has 0 amide bonds. The molecule has 2 aromatic carbocycles. The maximum Gasteiger partial charge on any atom is 0.144 e. The molecule has 0 unspecified atom stereocenters. The van der Waals surface area contributed by atoms with Crippen molar-refractivity contribution in [2.24, 2.45) is 10.7 Å². The Morgan fingerprint density at radius 2 is 2.07 bits per heavy atom. The van der Waals surface area contributed by atoms with E-state index >= 15 is 0 Å². The van der Waals surface area contributed by atoms with Crippen molar-refractivity contribution < 1.29 is 4.74 Å². The highest BCUT2D eigenvalue weighted by Crippen LogP contribution is 2.27. The van der Waals surface area contributed by atoms with E-state index in [1.165, 1.54) is 6.20 Å². The number of anilines is 1. The van der Waals surface area contributed by atoms with Gasteiger partial charge in [-0.3, -0.25) is 0 Å². The minimum absolute atomic E-state index is 0.462. The Morgan fingerprint density at radius 3 is 2.70 bits per heavy atom. The van der Waals surface area contributed by atoms with Crippen LogP contribution in [0.15, 0.2) is 78.6 Å². The third-order valence-electron chi connectivity index (χ3n) is 4.42. The van der Waals surface area contributed by atoms with Gasteiger partial charge >= 0.3 is 0 Å². The van der Waals surface area contributed by atoms with Gasteiger partial charge in [0.2, 0.25) is 0 Å². The molecule has 3 rings (SSSR count). The average molecular weight is 422 g/mol. The molecule has 0 aliphatic heterocycles. The first-order chi connectivity index (χ1) is 14.4. The summed E-state index contributed by atoms with van der Waals surface area (Å²) in [5.41, 5.74) is 10.8. The molecule has 1 aromatic heterocycles. The van der Waals surface area contributed by atoms with Crippen LogP contribution in [0.1, 0.15) is 16.8 Å². The fourth-order valence-electron chi connectivity index (χ4n) is 2.95. The number of aryl methyl sites for hydroxylation is 2. The molecule has 1 heterocycles. The SMILES string of the molecule is C=C(/N=C(\C=C/N)c1ccc(Cl)c(C)c1)Nc1ccc(-n2cnc(C)c2)c(OC)c1. The van der Waals surface area contributed by atoms with E-state index in [0.29, 0.717) is 22.3 Å². The Kier molecular flexibility index (Phi) is 6.59. The number of allylic oxidation sites excluding steroid dienone is 1. The van der Waals surface area contributed by atoms with Crippen LogP contribution in [-0.2, 0) is 0 Å². The zero-order valence-corrected chi connectivity index (χ0v) is 17.9. The number of halogens is 1. The van der Waals surface area contributed by atoms with Crippen LogP contribution in [0.2, 0.25) is 5.02 Å². The van der Waals surface area contributed by atoms with Crippen molar-refractivity contribution in [3.63, 3.8) is 0 Å². The van der Waals surface area contributed by atoms with E-state index in [9.17, 15) is 0 Å². The van der Waals surface area contributed by atoms with Crippen molar-refractivity contribution in [1.29, 1.82) is 0 Å². The second-order valence-electron chi connectivity index (χ2n) is 6.70. The van der Waals surface area contributed by atoms with E-state index in [-0.39, 0.29) is 0 Å². The summed E-state index contributed by atoms with van der Waals surface area (Å²) in [6, 6.07) is 11.5. The number of imidazole rings is 1. The van der Waals surface area contributed by atoms with E-state index in [4.69, 9.17) is 22.1 Å². The minimum Gasteiger partial charge on any atom is -0.494 e. The van der Waals surface area contributed by atoms with Gasteiger partial charge in [-0.15, -0.1) is 0 Å². The number of nitrogens with one attached hydrogen (secondary N) is 1. The van der Waals surface area contributed by atoms with Gasteiger partial charge < -0.3 is 20.4 Å². The zero-order valence-electron chi connectivity index (χ0n) is 17.2. The van der Waals surface area contributed by atoms with Gasteiger partial charge in [-0.25, -0.2) is 9.98 Å². The van der Waals surface area contributed by atoms with Gasteiger partial charge in [0.1, 0.15) is 11.6 Å². The zero-order chi connectivity index (χ0) is 21.7. The Morgan fingerprint density at radius 1 is 1.27 bits per heavy atom. The van der Waals surface area contributed by atoms with E-state index < -0.39 is 0 Å². The molecule has 3 aromatic rings. The number of aromatic nitrogens is 2. The van der Waals surface area contributed by atoms with Crippen LogP contribution in [0.25, 0.3) is 5.69 Å². The van der Waals surface area contributed by atoms with Crippen molar-refractivity contribution in [3.8, 4) is 11.4 Å². The number of aliphatic imine (C=N–C) groups is 1.